The van der Waals surface area contributed by atoms with Crippen molar-refractivity contribution in [2.45, 2.75) is 26.3 Å². The number of nitrogens with one attached hydrogen (secondary N) is 2. The van der Waals surface area contributed by atoms with Crippen LogP contribution in [0.2, 0.25) is 0 Å². The van der Waals surface area contributed by atoms with Gasteiger partial charge in [0.05, 0.1) is 11.6 Å². The molecule has 4 nitrogen and oxygen atoms in total. The van der Waals surface area contributed by atoms with Crippen LogP contribution in [0.3, 0.4) is 0 Å². The zero-order valence-electron chi connectivity index (χ0n) is 12.9. The van der Waals surface area contributed by atoms with Crippen molar-refractivity contribution in [2.24, 2.45) is 0 Å². The van der Waals surface area contributed by atoms with Crippen LogP contribution >= 0.6 is 15.9 Å². The van der Waals surface area contributed by atoms with Gasteiger partial charge in [-0.3, -0.25) is 4.79 Å². The van der Waals surface area contributed by atoms with E-state index < -0.39 is 0 Å². The first-order chi connectivity index (χ1) is 11.1. The van der Waals surface area contributed by atoms with Gasteiger partial charge >= 0.3 is 0 Å². The maximum atomic E-state index is 11.6. The summed E-state index contributed by atoms with van der Waals surface area (Å²) in [5.74, 6) is 0.0347. The first kappa shape index (κ1) is 17.0. The van der Waals surface area contributed by atoms with Crippen LogP contribution in [-0.2, 0) is 11.3 Å². The minimum atomic E-state index is 0.0347. The lowest BCUT2D eigenvalue weighted by molar-refractivity contribution is -0.116. The number of nitriles is 1. The predicted octanol–water partition coefficient (Wildman–Crippen LogP) is 4.67. The van der Waals surface area contributed by atoms with Crippen LogP contribution in [0.1, 0.15) is 30.9 Å². The molecule has 2 aromatic rings. The largest absolute Gasteiger partial charge is 0.380 e. The number of rotatable bonds is 6. The van der Waals surface area contributed by atoms with E-state index in [2.05, 4.69) is 32.6 Å². The van der Waals surface area contributed by atoms with E-state index in [-0.39, 0.29) is 5.91 Å². The van der Waals surface area contributed by atoms with Crippen LogP contribution in [0.4, 0.5) is 11.4 Å². The van der Waals surface area contributed by atoms with Gasteiger partial charge in [0, 0.05) is 28.8 Å². The Morgan fingerprint density at radius 3 is 2.78 bits per heavy atom. The maximum absolute atomic E-state index is 11.6. The quantitative estimate of drug-likeness (QED) is 0.774. The molecule has 0 aliphatic rings. The Morgan fingerprint density at radius 2 is 2.09 bits per heavy atom. The van der Waals surface area contributed by atoms with Crippen LogP contribution in [0, 0.1) is 11.3 Å². The SMILES string of the molecule is CCCC(=O)Nc1cccc(CNc2ccc(C#N)cc2Br)c1. The second-order valence-electron chi connectivity index (χ2n) is 5.16. The van der Waals surface area contributed by atoms with Gasteiger partial charge in [0.25, 0.3) is 0 Å². The summed E-state index contributed by atoms with van der Waals surface area (Å²) in [5.41, 5.74) is 3.41. The summed E-state index contributed by atoms with van der Waals surface area (Å²) >= 11 is 3.46. The van der Waals surface area contributed by atoms with Gasteiger partial charge in [-0.1, -0.05) is 19.1 Å². The highest BCUT2D eigenvalue weighted by atomic mass is 79.9. The lowest BCUT2D eigenvalue weighted by atomic mass is 10.1. The topological polar surface area (TPSA) is 64.9 Å². The Balaban J connectivity index is 2.01. The molecule has 0 spiro atoms. The normalized spacial score (nSPS) is 9.96. The van der Waals surface area contributed by atoms with Crippen molar-refractivity contribution in [3.8, 4) is 6.07 Å². The summed E-state index contributed by atoms with van der Waals surface area (Å²) in [4.78, 5) is 11.6. The molecule has 0 saturated heterocycles. The number of carbonyl (C=O) groups is 1. The minimum Gasteiger partial charge on any atom is -0.380 e. The Morgan fingerprint density at radius 1 is 1.26 bits per heavy atom. The highest BCUT2D eigenvalue weighted by molar-refractivity contribution is 9.10. The summed E-state index contributed by atoms with van der Waals surface area (Å²) in [7, 11) is 0. The van der Waals surface area contributed by atoms with Gasteiger partial charge in [-0.2, -0.15) is 5.26 Å². The summed E-state index contributed by atoms with van der Waals surface area (Å²) in [6.45, 7) is 2.61. The van der Waals surface area contributed by atoms with Crippen molar-refractivity contribution >= 4 is 33.2 Å². The van der Waals surface area contributed by atoms with Crippen molar-refractivity contribution in [1.29, 1.82) is 5.26 Å². The number of hydrogen-bond donors (Lipinski definition) is 2. The van der Waals surface area contributed by atoms with E-state index in [9.17, 15) is 4.79 Å². The average molecular weight is 372 g/mol. The highest BCUT2D eigenvalue weighted by Gasteiger charge is 2.04. The van der Waals surface area contributed by atoms with E-state index in [1.807, 2.05) is 37.3 Å². The first-order valence-electron chi connectivity index (χ1n) is 7.44. The number of nitrogens with zero attached hydrogens (tertiary/aromatic N) is 1. The molecule has 2 N–H and O–H groups in total. The number of halogens is 1. The number of hydrogen-bond acceptors (Lipinski definition) is 3. The van der Waals surface area contributed by atoms with Gasteiger partial charge < -0.3 is 10.6 Å². The second-order valence-corrected chi connectivity index (χ2v) is 6.01. The van der Waals surface area contributed by atoms with E-state index in [1.165, 1.54) is 0 Å². The zero-order valence-corrected chi connectivity index (χ0v) is 14.5. The molecule has 5 heteroatoms. The molecule has 0 heterocycles. The smallest absolute Gasteiger partial charge is 0.224 e. The lowest BCUT2D eigenvalue weighted by Gasteiger charge is -2.10. The first-order valence-corrected chi connectivity index (χ1v) is 8.24. The van der Waals surface area contributed by atoms with Crippen molar-refractivity contribution in [3.05, 3.63) is 58.1 Å². The summed E-state index contributed by atoms with van der Waals surface area (Å²) in [6.07, 6.45) is 1.36. The number of anilines is 2. The Labute approximate surface area is 144 Å². The van der Waals surface area contributed by atoms with Gasteiger partial charge in [-0.05, 0) is 58.2 Å². The molecule has 0 bridgehead atoms. The van der Waals surface area contributed by atoms with Crippen molar-refractivity contribution in [3.63, 3.8) is 0 Å². The minimum absolute atomic E-state index is 0.0347. The molecule has 0 atom stereocenters. The van der Waals surface area contributed by atoms with Crippen molar-refractivity contribution < 1.29 is 4.79 Å². The zero-order chi connectivity index (χ0) is 16.7. The van der Waals surface area contributed by atoms with Crippen LogP contribution in [0.15, 0.2) is 46.9 Å². The Bertz CT molecular complexity index is 737. The van der Waals surface area contributed by atoms with Gasteiger partial charge in [0.15, 0.2) is 0 Å². The molecular formula is C18H18BrN3O. The number of amides is 1. The molecule has 1 amide bonds. The van der Waals surface area contributed by atoms with E-state index in [1.54, 1.807) is 12.1 Å². The maximum Gasteiger partial charge on any atom is 0.224 e. The fourth-order valence-electron chi connectivity index (χ4n) is 2.13. The fraction of sp³-hybridized carbons (Fsp3) is 0.222. The van der Waals surface area contributed by atoms with Gasteiger partial charge in [0.1, 0.15) is 0 Å². The average Bonchev–Trinajstić information content (AvgIpc) is 2.54. The molecule has 0 radical (unpaired) electrons. The van der Waals surface area contributed by atoms with E-state index in [0.29, 0.717) is 18.5 Å². The molecule has 0 aliphatic carbocycles. The third kappa shape index (κ3) is 5.11. The van der Waals surface area contributed by atoms with Crippen molar-refractivity contribution in [1.82, 2.24) is 0 Å². The van der Waals surface area contributed by atoms with Crippen LogP contribution in [0.5, 0.6) is 0 Å². The van der Waals surface area contributed by atoms with Crippen LogP contribution in [-0.4, -0.2) is 5.91 Å². The summed E-state index contributed by atoms with van der Waals surface area (Å²) in [6, 6.07) is 15.3. The lowest BCUT2D eigenvalue weighted by Crippen LogP contribution is -2.11. The van der Waals surface area contributed by atoms with E-state index >= 15 is 0 Å². The molecule has 0 unspecified atom stereocenters. The van der Waals surface area contributed by atoms with E-state index in [4.69, 9.17) is 5.26 Å². The monoisotopic (exact) mass is 371 g/mol. The second kappa shape index (κ2) is 8.35. The van der Waals surface area contributed by atoms with Gasteiger partial charge in [-0.15, -0.1) is 0 Å². The molecule has 0 fully saturated rings. The molecular weight excluding hydrogens is 354 g/mol. The molecule has 23 heavy (non-hydrogen) atoms. The summed E-state index contributed by atoms with van der Waals surface area (Å²) < 4.78 is 0.851. The molecule has 0 aliphatic heterocycles. The van der Waals surface area contributed by atoms with Crippen molar-refractivity contribution in [2.75, 3.05) is 10.6 Å². The molecule has 2 rings (SSSR count). The van der Waals surface area contributed by atoms with E-state index in [0.717, 1.165) is 27.8 Å². The molecule has 0 saturated carbocycles. The third-order valence-corrected chi connectivity index (χ3v) is 3.93. The van der Waals surface area contributed by atoms with Gasteiger partial charge in [0.2, 0.25) is 5.91 Å². The third-order valence-electron chi connectivity index (χ3n) is 3.27. The molecule has 0 aromatic heterocycles. The summed E-state index contributed by atoms with van der Waals surface area (Å²) in [5, 5.41) is 15.1. The van der Waals surface area contributed by atoms with Crippen LogP contribution < -0.4 is 10.6 Å². The number of benzene rings is 2. The fourth-order valence-corrected chi connectivity index (χ4v) is 2.65. The van der Waals surface area contributed by atoms with Crippen LogP contribution in [0.25, 0.3) is 0 Å². The Hall–Kier alpha value is -2.32. The molecule has 2 aromatic carbocycles. The Kier molecular flexibility index (Phi) is 6.19. The number of carbonyl (C=O) groups excluding carboxylic acids is 1. The highest BCUT2D eigenvalue weighted by Crippen LogP contribution is 2.24. The predicted molar refractivity (Wildman–Crippen MR) is 96.2 cm³/mol. The molecule has 118 valence electrons. The standard InChI is InChI=1S/C18H18BrN3O/c1-2-4-18(23)22-15-6-3-5-14(9-15)12-21-17-8-7-13(11-20)10-16(17)19/h3,5-10,21H,2,4,12H2,1H3,(H,22,23). The van der Waals surface area contributed by atoms with Gasteiger partial charge in [-0.25, -0.2) is 0 Å².